The number of hydrogen-bond acceptors (Lipinski definition) is 3. The maximum atomic E-state index is 11.3. The van der Waals surface area contributed by atoms with E-state index in [1.165, 1.54) is 0 Å². The molecule has 1 saturated heterocycles. The van der Waals surface area contributed by atoms with Crippen molar-refractivity contribution >= 4 is 11.9 Å². The quantitative estimate of drug-likeness (QED) is 0.519. The molecule has 1 aliphatic rings. The normalized spacial score (nSPS) is 16.9. The molecule has 6 heteroatoms. The van der Waals surface area contributed by atoms with Crippen molar-refractivity contribution in [3.63, 3.8) is 0 Å². The lowest BCUT2D eigenvalue weighted by Crippen LogP contribution is -2.47. The highest BCUT2D eigenvalue weighted by atomic mass is 16.5. The van der Waals surface area contributed by atoms with Gasteiger partial charge in [-0.25, -0.2) is 4.99 Å². The fourth-order valence-electron chi connectivity index (χ4n) is 3.72. The Labute approximate surface area is 179 Å². The number of amides is 1. The number of guanidine groups is 1. The number of para-hydroxylation sites is 1. The maximum Gasteiger partial charge on any atom is 0.217 e. The molecule has 30 heavy (non-hydrogen) atoms. The zero-order valence-electron chi connectivity index (χ0n) is 17.7. The van der Waals surface area contributed by atoms with Crippen LogP contribution in [-0.4, -0.2) is 36.4 Å². The Morgan fingerprint density at radius 2 is 1.90 bits per heavy atom. The van der Waals surface area contributed by atoms with E-state index < -0.39 is 0 Å². The molecule has 3 N–H and O–H groups in total. The summed E-state index contributed by atoms with van der Waals surface area (Å²) in [5, 5.41) is 3.39. The third-order valence-corrected chi connectivity index (χ3v) is 5.23. The summed E-state index contributed by atoms with van der Waals surface area (Å²) in [7, 11) is 0. The molecule has 2 aromatic carbocycles. The summed E-state index contributed by atoms with van der Waals surface area (Å²) in [6.07, 6.45) is 2.55. The Kier molecular flexibility index (Phi) is 8.12. The number of primary amides is 1. The van der Waals surface area contributed by atoms with Crippen molar-refractivity contribution in [3.05, 3.63) is 65.7 Å². The lowest BCUT2D eigenvalue weighted by atomic mass is 9.95. The summed E-state index contributed by atoms with van der Waals surface area (Å²) in [4.78, 5) is 18.4. The lowest BCUT2D eigenvalue weighted by Gasteiger charge is -2.34. The van der Waals surface area contributed by atoms with E-state index in [1.54, 1.807) is 0 Å². The van der Waals surface area contributed by atoms with Gasteiger partial charge in [0.05, 0.1) is 6.54 Å². The van der Waals surface area contributed by atoms with Crippen LogP contribution >= 0.6 is 0 Å². The Balaban J connectivity index is 1.56. The van der Waals surface area contributed by atoms with Crippen molar-refractivity contribution in [1.29, 1.82) is 0 Å². The third-order valence-electron chi connectivity index (χ3n) is 5.23. The van der Waals surface area contributed by atoms with Gasteiger partial charge >= 0.3 is 0 Å². The zero-order chi connectivity index (χ0) is 21.2. The number of nitrogens with one attached hydrogen (secondary N) is 1. The van der Waals surface area contributed by atoms with E-state index in [9.17, 15) is 4.79 Å². The van der Waals surface area contributed by atoms with Crippen LogP contribution in [0.4, 0.5) is 0 Å². The first-order valence-corrected chi connectivity index (χ1v) is 10.7. The Morgan fingerprint density at radius 3 is 2.60 bits per heavy atom. The molecule has 1 heterocycles. The molecule has 1 fully saturated rings. The summed E-state index contributed by atoms with van der Waals surface area (Å²) in [6.45, 7) is 5.82. The highest BCUT2D eigenvalue weighted by molar-refractivity contribution is 5.80. The molecule has 0 aromatic heterocycles. The number of rotatable bonds is 8. The van der Waals surface area contributed by atoms with E-state index in [1.807, 2.05) is 30.3 Å². The van der Waals surface area contributed by atoms with Crippen LogP contribution in [-0.2, 0) is 17.9 Å². The van der Waals surface area contributed by atoms with Gasteiger partial charge in [-0.3, -0.25) is 4.79 Å². The largest absolute Gasteiger partial charge is 0.489 e. The SMILES string of the molecule is CCNC(=NCc1ccc(COc2ccccc2)cc1)N1CCCC(CC(N)=O)C1. The highest BCUT2D eigenvalue weighted by Gasteiger charge is 2.23. The van der Waals surface area contributed by atoms with Gasteiger partial charge in [0.2, 0.25) is 5.91 Å². The van der Waals surface area contributed by atoms with Gasteiger partial charge in [-0.1, -0.05) is 42.5 Å². The number of nitrogens with zero attached hydrogens (tertiary/aromatic N) is 2. The average Bonchev–Trinajstić information content (AvgIpc) is 2.76. The Morgan fingerprint density at radius 1 is 1.17 bits per heavy atom. The molecule has 0 spiro atoms. The number of hydrogen-bond donors (Lipinski definition) is 2. The third kappa shape index (κ3) is 6.79. The molecule has 0 bridgehead atoms. The van der Waals surface area contributed by atoms with Crippen molar-refractivity contribution in [2.75, 3.05) is 19.6 Å². The second kappa shape index (κ2) is 11.2. The molecular formula is C24H32N4O2. The summed E-state index contributed by atoms with van der Waals surface area (Å²) < 4.78 is 5.80. The standard InChI is InChI=1S/C24H32N4O2/c1-2-26-24(28-14-6-7-21(17-28)15-23(25)29)27-16-19-10-12-20(13-11-19)18-30-22-8-4-3-5-9-22/h3-5,8-13,21H,2,6-7,14-18H2,1H3,(H2,25,29)(H,26,27). The summed E-state index contributed by atoms with van der Waals surface area (Å²) >= 11 is 0. The number of ether oxygens (including phenoxy) is 1. The van der Waals surface area contributed by atoms with Crippen LogP contribution in [0.25, 0.3) is 0 Å². The van der Waals surface area contributed by atoms with Gasteiger partial charge in [-0.15, -0.1) is 0 Å². The molecule has 160 valence electrons. The first kappa shape index (κ1) is 21.7. The number of benzene rings is 2. The molecule has 1 aliphatic heterocycles. The van der Waals surface area contributed by atoms with Crippen molar-refractivity contribution in [3.8, 4) is 5.75 Å². The van der Waals surface area contributed by atoms with Gasteiger partial charge in [0.15, 0.2) is 5.96 Å². The summed E-state index contributed by atoms with van der Waals surface area (Å²) in [5.41, 5.74) is 7.67. The van der Waals surface area contributed by atoms with Crippen LogP contribution in [0.3, 0.4) is 0 Å². The number of aliphatic imine (C=N–C) groups is 1. The van der Waals surface area contributed by atoms with Crippen molar-refractivity contribution in [1.82, 2.24) is 10.2 Å². The Bertz CT molecular complexity index is 821. The molecular weight excluding hydrogens is 376 g/mol. The number of likely N-dealkylation sites (tertiary alicyclic amines) is 1. The first-order valence-electron chi connectivity index (χ1n) is 10.7. The summed E-state index contributed by atoms with van der Waals surface area (Å²) in [5.74, 6) is 1.87. The molecule has 0 saturated carbocycles. The minimum atomic E-state index is -0.222. The van der Waals surface area contributed by atoms with Crippen LogP contribution in [0.5, 0.6) is 5.75 Å². The highest BCUT2D eigenvalue weighted by Crippen LogP contribution is 2.20. The van der Waals surface area contributed by atoms with E-state index in [4.69, 9.17) is 15.5 Å². The predicted octanol–water partition coefficient (Wildman–Crippen LogP) is 3.32. The number of piperidine rings is 1. The van der Waals surface area contributed by atoms with Gasteiger partial charge in [0, 0.05) is 26.1 Å². The fraction of sp³-hybridized carbons (Fsp3) is 0.417. The first-order chi connectivity index (χ1) is 14.6. The second-order valence-corrected chi connectivity index (χ2v) is 7.71. The van der Waals surface area contributed by atoms with Crippen molar-refractivity contribution in [2.24, 2.45) is 16.6 Å². The van der Waals surface area contributed by atoms with Gasteiger partial charge in [0.1, 0.15) is 12.4 Å². The van der Waals surface area contributed by atoms with E-state index in [2.05, 4.69) is 41.4 Å². The molecule has 1 unspecified atom stereocenters. The molecule has 1 atom stereocenters. The second-order valence-electron chi connectivity index (χ2n) is 7.71. The monoisotopic (exact) mass is 408 g/mol. The molecule has 2 aromatic rings. The van der Waals surface area contributed by atoms with E-state index in [0.29, 0.717) is 25.5 Å². The van der Waals surface area contributed by atoms with Crippen LogP contribution < -0.4 is 15.8 Å². The summed E-state index contributed by atoms with van der Waals surface area (Å²) in [6, 6.07) is 18.2. The van der Waals surface area contributed by atoms with E-state index >= 15 is 0 Å². The van der Waals surface area contributed by atoms with Crippen LogP contribution in [0.1, 0.15) is 37.3 Å². The topological polar surface area (TPSA) is 80.0 Å². The minimum absolute atomic E-state index is 0.222. The van der Waals surface area contributed by atoms with Crippen LogP contribution in [0, 0.1) is 5.92 Å². The zero-order valence-corrected chi connectivity index (χ0v) is 17.7. The van der Waals surface area contributed by atoms with Crippen LogP contribution in [0.2, 0.25) is 0 Å². The average molecular weight is 409 g/mol. The fourth-order valence-corrected chi connectivity index (χ4v) is 3.72. The van der Waals surface area contributed by atoms with Gasteiger partial charge in [-0.05, 0) is 48.9 Å². The maximum absolute atomic E-state index is 11.3. The molecule has 3 rings (SSSR count). The smallest absolute Gasteiger partial charge is 0.217 e. The van der Waals surface area contributed by atoms with Crippen molar-refractivity contribution < 1.29 is 9.53 Å². The number of nitrogens with two attached hydrogens (primary N) is 1. The van der Waals surface area contributed by atoms with Crippen molar-refractivity contribution in [2.45, 2.75) is 39.3 Å². The molecule has 0 radical (unpaired) electrons. The molecule has 0 aliphatic carbocycles. The molecule has 6 nitrogen and oxygen atoms in total. The van der Waals surface area contributed by atoms with Gasteiger partial charge in [-0.2, -0.15) is 0 Å². The van der Waals surface area contributed by atoms with E-state index in [0.717, 1.165) is 55.3 Å². The molecule has 1 amide bonds. The van der Waals surface area contributed by atoms with Crippen LogP contribution in [0.15, 0.2) is 59.6 Å². The van der Waals surface area contributed by atoms with E-state index in [-0.39, 0.29) is 5.91 Å². The number of carbonyl (C=O) groups is 1. The lowest BCUT2D eigenvalue weighted by molar-refractivity contribution is -0.119. The van der Waals surface area contributed by atoms with Gasteiger partial charge < -0.3 is 20.7 Å². The number of carbonyl (C=O) groups excluding carboxylic acids is 1. The minimum Gasteiger partial charge on any atom is -0.489 e. The Hall–Kier alpha value is -3.02. The van der Waals surface area contributed by atoms with Gasteiger partial charge in [0.25, 0.3) is 0 Å². The predicted molar refractivity (Wildman–Crippen MR) is 120 cm³/mol.